The van der Waals surface area contributed by atoms with E-state index in [4.69, 9.17) is 4.52 Å². The third kappa shape index (κ3) is 3.78. The van der Waals surface area contributed by atoms with Crippen molar-refractivity contribution in [1.82, 2.24) is 19.9 Å². The molecule has 2 saturated heterocycles. The van der Waals surface area contributed by atoms with E-state index in [-0.39, 0.29) is 22.9 Å². The van der Waals surface area contributed by atoms with E-state index in [0.717, 1.165) is 25.9 Å². The van der Waals surface area contributed by atoms with Crippen molar-refractivity contribution in [2.75, 3.05) is 40.3 Å². The topological polar surface area (TPSA) is 89.9 Å². The highest BCUT2D eigenvalue weighted by Crippen LogP contribution is 2.32. The predicted molar refractivity (Wildman–Crippen MR) is 91.1 cm³/mol. The van der Waals surface area contributed by atoms with Gasteiger partial charge in [0.2, 0.25) is 11.8 Å². The first kappa shape index (κ1) is 17.7. The number of piperazine rings is 1. The molecule has 1 N–H and O–H groups in total. The second-order valence-electron chi connectivity index (χ2n) is 7.21. The maximum Gasteiger partial charge on any atom is 0.280 e. The van der Waals surface area contributed by atoms with E-state index in [2.05, 4.69) is 17.1 Å². The van der Waals surface area contributed by atoms with Crippen LogP contribution >= 0.6 is 0 Å². The first-order chi connectivity index (χ1) is 11.9. The fourth-order valence-electron chi connectivity index (χ4n) is 3.80. The van der Waals surface area contributed by atoms with Gasteiger partial charge in [-0.25, -0.2) is 0 Å². The van der Waals surface area contributed by atoms with Crippen molar-refractivity contribution in [3.8, 4) is 0 Å². The lowest BCUT2D eigenvalue weighted by atomic mass is 9.86. The van der Waals surface area contributed by atoms with Crippen LogP contribution in [-0.2, 0) is 16.0 Å². The number of rotatable bonds is 3. The lowest BCUT2D eigenvalue weighted by Gasteiger charge is -2.49. The molecule has 2 aliphatic heterocycles. The predicted octanol–water partition coefficient (Wildman–Crippen LogP) is 0.0556. The first-order valence-electron chi connectivity index (χ1n) is 8.80. The monoisotopic (exact) mass is 350 g/mol. The first-order valence-corrected chi connectivity index (χ1v) is 8.80. The van der Waals surface area contributed by atoms with E-state index < -0.39 is 0 Å². The van der Waals surface area contributed by atoms with Crippen LogP contribution in [0.4, 0.5) is 0 Å². The number of likely N-dealkylation sites (N-methyl/N-ethyl adjacent to an activating group) is 1. The van der Waals surface area contributed by atoms with Gasteiger partial charge in [-0.05, 0) is 19.9 Å². The van der Waals surface area contributed by atoms with Gasteiger partial charge in [-0.2, -0.15) is 5.16 Å². The Bertz CT molecular complexity index is 697. The van der Waals surface area contributed by atoms with E-state index in [1.165, 1.54) is 6.07 Å². The van der Waals surface area contributed by atoms with Crippen molar-refractivity contribution < 1.29 is 14.1 Å². The SMILES string of the molecule is CN1CC[C@@]2(CCC1=O)CN(C(=O)CCc1cc(=O)[nH]o1)CCN2C. The molecule has 138 valence electrons. The molecule has 8 nitrogen and oxygen atoms in total. The molecular weight excluding hydrogens is 324 g/mol. The maximum atomic E-state index is 12.6. The van der Waals surface area contributed by atoms with Gasteiger partial charge in [-0.15, -0.1) is 0 Å². The summed E-state index contributed by atoms with van der Waals surface area (Å²) in [5.41, 5.74) is -0.414. The summed E-state index contributed by atoms with van der Waals surface area (Å²) in [6.07, 6.45) is 2.92. The van der Waals surface area contributed by atoms with Crippen LogP contribution in [0.5, 0.6) is 0 Å². The fraction of sp³-hybridized carbons (Fsp3) is 0.706. The molecule has 0 saturated carbocycles. The van der Waals surface area contributed by atoms with Crippen LogP contribution < -0.4 is 5.56 Å². The number of amides is 2. The third-order valence-electron chi connectivity index (χ3n) is 5.66. The van der Waals surface area contributed by atoms with Crippen LogP contribution in [0, 0.1) is 0 Å². The summed E-state index contributed by atoms with van der Waals surface area (Å²) >= 11 is 0. The van der Waals surface area contributed by atoms with Gasteiger partial charge in [-0.1, -0.05) is 0 Å². The van der Waals surface area contributed by atoms with Crippen molar-refractivity contribution in [2.45, 2.75) is 37.6 Å². The van der Waals surface area contributed by atoms with Gasteiger partial charge in [0.05, 0.1) is 0 Å². The summed E-state index contributed by atoms with van der Waals surface area (Å²) in [6, 6.07) is 1.38. The quantitative estimate of drug-likeness (QED) is 0.832. The minimum Gasteiger partial charge on any atom is -0.384 e. The lowest BCUT2D eigenvalue weighted by molar-refractivity contribution is -0.137. The number of nitrogens with one attached hydrogen (secondary N) is 1. The molecule has 0 aliphatic carbocycles. The van der Waals surface area contributed by atoms with E-state index in [9.17, 15) is 14.4 Å². The van der Waals surface area contributed by atoms with E-state index in [1.54, 1.807) is 4.90 Å². The highest BCUT2D eigenvalue weighted by Gasteiger charge is 2.42. The Labute approximate surface area is 146 Å². The molecule has 3 heterocycles. The number of likely N-dealkylation sites (tertiary alicyclic amines) is 1. The second kappa shape index (κ2) is 7.03. The molecule has 0 aromatic carbocycles. The Morgan fingerprint density at radius 2 is 2.04 bits per heavy atom. The van der Waals surface area contributed by atoms with E-state index in [0.29, 0.717) is 38.1 Å². The molecule has 1 atom stereocenters. The molecule has 2 amide bonds. The van der Waals surface area contributed by atoms with Crippen LogP contribution in [0.2, 0.25) is 0 Å². The summed E-state index contributed by atoms with van der Waals surface area (Å²) in [4.78, 5) is 41.7. The molecule has 1 aromatic rings. The number of nitrogens with zero attached hydrogens (tertiary/aromatic N) is 3. The minimum absolute atomic E-state index is 0.0697. The van der Waals surface area contributed by atoms with Crippen LogP contribution in [0.25, 0.3) is 0 Å². The molecule has 2 aliphatic rings. The van der Waals surface area contributed by atoms with E-state index >= 15 is 0 Å². The van der Waals surface area contributed by atoms with Crippen LogP contribution in [-0.4, -0.2) is 77.5 Å². The van der Waals surface area contributed by atoms with Gasteiger partial charge in [0.15, 0.2) is 0 Å². The van der Waals surface area contributed by atoms with Gasteiger partial charge in [-0.3, -0.25) is 19.3 Å². The number of H-pyrrole nitrogens is 1. The van der Waals surface area contributed by atoms with Crippen LogP contribution in [0.3, 0.4) is 0 Å². The zero-order valence-corrected chi connectivity index (χ0v) is 14.9. The zero-order chi connectivity index (χ0) is 18.0. The van der Waals surface area contributed by atoms with Crippen molar-refractivity contribution >= 4 is 11.8 Å². The van der Waals surface area contributed by atoms with Gasteiger partial charge in [0.25, 0.3) is 5.56 Å². The maximum absolute atomic E-state index is 12.6. The lowest BCUT2D eigenvalue weighted by Crippen LogP contribution is -2.62. The smallest absolute Gasteiger partial charge is 0.280 e. The molecule has 0 bridgehead atoms. The number of hydrogen-bond donors (Lipinski definition) is 1. The fourth-order valence-corrected chi connectivity index (χ4v) is 3.80. The third-order valence-corrected chi connectivity index (χ3v) is 5.66. The van der Waals surface area contributed by atoms with Crippen LogP contribution in [0.15, 0.2) is 15.4 Å². The van der Waals surface area contributed by atoms with Crippen molar-refractivity contribution in [3.63, 3.8) is 0 Å². The van der Waals surface area contributed by atoms with E-state index in [1.807, 2.05) is 11.9 Å². The number of aromatic amines is 1. The molecule has 1 aromatic heterocycles. The largest absolute Gasteiger partial charge is 0.384 e. The molecule has 1 spiro atoms. The highest BCUT2D eigenvalue weighted by molar-refractivity contribution is 5.77. The van der Waals surface area contributed by atoms with Crippen molar-refractivity contribution in [1.29, 1.82) is 0 Å². The van der Waals surface area contributed by atoms with Gasteiger partial charge in [0, 0.05) is 64.1 Å². The minimum atomic E-state index is -0.284. The molecule has 2 fully saturated rings. The van der Waals surface area contributed by atoms with Gasteiger partial charge >= 0.3 is 0 Å². The summed E-state index contributed by atoms with van der Waals surface area (Å²) in [5.74, 6) is 0.750. The number of aryl methyl sites for hydroxylation is 1. The average Bonchev–Trinajstić information content (AvgIpc) is 2.96. The molecule has 0 unspecified atom stereocenters. The van der Waals surface area contributed by atoms with Crippen LogP contribution in [0.1, 0.15) is 31.4 Å². The van der Waals surface area contributed by atoms with Crippen molar-refractivity contribution in [3.05, 3.63) is 22.2 Å². The Morgan fingerprint density at radius 3 is 2.76 bits per heavy atom. The molecular formula is C17H26N4O4. The molecule has 8 heteroatoms. The highest BCUT2D eigenvalue weighted by atomic mass is 16.5. The number of carbonyl (C=O) groups is 2. The molecule has 25 heavy (non-hydrogen) atoms. The summed E-state index contributed by atoms with van der Waals surface area (Å²) in [6.45, 7) is 2.88. The Balaban J connectivity index is 1.64. The second-order valence-corrected chi connectivity index (χ2v) is 7.21. The molecule has 3 rings (SSSR count). The normalized spacial score (nSPS) is 25.4. The number of aromatic nitrogens is 1. The standard InChI is InChI=1S/C17H26N4O4/c1-19-8-7-17(6-5-15(19)23)12-21(10-9-20(17)2)16(24)4-3-13-11-14(22)18-25-13/h11H,3-10,12H2,1-2H3,(H,18,22)/t17-/m0/s1. The summed E-state index contributed by atoms with van der Waals surface area (Å²) in [5, 5.41) is 2.24. The zero-order valence-electron chi connectivity index (χ0n) is 14.9. The van der Waals surface area contributed by atoms with Crippen molar-refractivity contribution in [2.24, 2.45) is 0 Å². The summed E-state index contributed by atoms with van der Waals surface area (Å²) < 4.78 is 5.01. The summed E-state index contributed by atoms with van der Waals surface area (Å²) in [7, 11) is 3.93. The Hall–Kier alpha value is -2.09. The Kier molecular flexibility index (Phi) is 4.99. The molecule has 0 radical (unpaired) electrons. The van der Waals surface area contributed by atoms with Gasteiger partial charge in [0.1, 0.15) is 5.76 Å². The van der Waals surface area contributed by atoms with Gasteiger partial charge < -0.3 is 14.3 Å². The average molecular weight is 350 g/mol. The number of hydrogen-bond acceptors (Lipinski definition) is 5. The Morgan fingerprint density at radius 1 is 1.24 bits per heavy atom. The number of carbonyl (C=O) groups excluding carboxylic acids is 2.